The van der Waals surface area contributed by atoms with Crippen LogP contribution in [0.5, 0.6) is 0 Å². The molecule has 1 aromatic rings. The quantitative estimate of drug-likeness (QED) is 0.881. The summed E-state index contributed by atoms with van der Waals surface area (Å²) in [7, 11) is 0. The van der Waals surface area contributed by atoms with E-state index in [4.69, 9.17) is 16.3 Å². The van der Waals surface area contributed by atoms with E-state index in [1.807, 2.05) is 13.8 Å². The minimum absolute atomic E-state index is 0.0449. The molecule has 2 heterocycles. The van der Waals surface area contributed by atoms with Crippen LogP contribution >= 0.6 is 11.6 Å². The highest BCUT2D eigenvalue weighted by Crippen LogP contribution is 2.13. The monoisotopic (exact) mass is 300 g/mol. The molecular weight excluding hydrogens is 280 g/mol. The van der Waals surface area contributed by atoms with E-state index in [1.165, 1.54) is 0 Å². The number of rotatable bonds is 5. The number of aryl methyl sites for hydroxylation is 1. The van der Waals surface area contributed by atoms with Crippen LogP contribution in [0.15, 0.2) is 6.20 Å². The molecule has 2 rings (SSSR count). The van der Waals surface area contributed by atoms with Gasteiger partial charge >= 0.3 is 0 Å². The lowest BCUT2D eigenvalue weighted by Crippen LogP contribution is -2.46. The van der Waals surface area contributed by atoms with Crippen LogP contribution in [0.25, 0.3) is 0 Å². The lowest BCUT2D eigenvalue weighted by molar-refractivity contribution is 0.0342. The first-order chi connectivity index (χ1) is 9.60. The second-order valence-electron chi connectivity index (χ2n) is 4.97. The molecule has 1 N–H and O–H groups in total. The van der Waals surface area contributed by atoms with E-state index in [1.54, 1.807) is 10.9 Å². The number of ether oxygens (including phenoxy) is 1. The van der Waals surface area contributed by atoms with Gasteiger partial charge in [0, 0.05) is 38.4 Å². The first-order valence-electron chi connectivity index (χ1n) is 6.94. The van der Waals surface area contributed by atoms with Crippen LogP contribution in [0, 0.1) is 0 Å². The van der Waals surface area contributed by atoms with Crippen LogP contribution in [0.2, 0.25) is 5.02 Å². The van der Waals surface area contributed by atoms with Crippen LogP contribution in [0.3, 0.4) is 0 Å². The van der Waals surface area contributed by atoms with Crippen molar-refractivity contribution in [3.63, 3.8) is 0 Å². The summed E-state index contributed by atoms with van der Waals surface area (Å²) in [5, 5.41) is 7.50. The number of morpholine rings is 1. The molecule has 6 nitrogen and oxygen atoms in total. The van der Waals surface area contributed by atoms with E-state index in [9.17, 15) is 4.79 Å². The Labute approximate surface area is 124 Å². The van der Waals surface area contributed by atoms with Gasteiger partial charge in [-0.05, 0) is 13.8 Å². The van der Waals surface area contributed by atoms with E-state index in [0.29, 0.717) is 17.3 Å². The third-order valence-electron chi connectivity index (χ3n) is 3.27. The first kappa shape index (κ1) is 15.3. The summed E-state index contributed by atoms with van der Waals surface area (Å²) in [4.78, 5) is 14.4. The molecule has 1 saturated heterocycles. The summed E-state index contributed by atoms with van der Waals surface area (Å²) < 4.78 is 6.96. The number of hydrogen-bond acceptors (Lipinski definition) is 4. The maximum atomic E-state index is 12.1. The van der Waals surface area contributed by atoms with Crippen molar-refractivity contribution in [2.24, 2.45) is 0 Å². The molecular formula is C13H21ClN4O2. The molecule has 112 valence electrons. The first-order valence-corrected chi connectivity index (χ1v) is 7.32. The molecule has 1 aliphatic rings. The number of nitrogens with zero attached hydrogens (tertiary/aromatic N) is 3. The molecule has 1 fully saturated rings. The molecule has 0 spiro atoms. The fourth-order valence-electron chi connectivity index (χ4n) is 2.22. The van der Waals surface area contributed by atoms with Gasteiger partial charge in [0.2, 0.25) is 0 Å². The zero-order valence-corrected chi connectivity index (χ0v) is 12.7. The molecule has 0 saturated carbocycles. The summed E-state index contributed by atoms with van der Waals surface area (Å²) in [6.45, 7) is 8.76. The van der Waals surface area contributed by atoms with Gasteiger partial charge in [0.15, 0.2) is 5.69 Å². The lowest BCUT2D eigenvalue weighted by Gasteiger charge is -2.29. The van der Waals surface area contributed by atoms with Crippen molar-refractivity contribution in [1.82, 2.24) is 20.0 Å². The minimum Gasteiger partial charge on any atom is -0.379 e. The van der Waals surface area contributed by atoms with Crippen LogP contribution in [-0.2, 0) is 11.3 Å². The normalized spacial score (nSPS) is 17.9. The number of halogens is 1. The Morgan fingerprint density at radius 1 is 1.55 bits per heavy atom. The Balaban J connectivity index is 1.87. The number of nitrogens with one attached hydrogen (secondary N) is 1. The van der Waals surface area contributed by atoms with Gasteiger partial charge in [-0.25, -0.2) is 0 Å². The largest absolute Gasteiger partial charge is 0.379 e. The number of carbonyl (C=O) groups is 1. The highest BCUT2D eigenvalue weighted by Gasteiger charge is 2.19. The molecule has 1 unspecified atom stereocenters. The Morgan fingerprint density at radius 2 is 2.25 bits per heavy atom. The van der Waals surface area contributed by atoms with Gasteiger partial charge in [0.05, 0.1) is 18.2 Å². The Hall–Kier alpha value is -1.11. The zero-order chi connectivity index (χ0) is 14.5. The SMILES string of the molecule is CCn1cc(Cl)c(C(=O)NC(C)CN2CCOCC2)n1. The average Bonchev–Trinajstić information content (AvgIpc) is 2.81. The van der Waals surface area contributed by atoms with E-state index < -0.39 is 0 Å². The molecule has 1 aliphatic heterocycles. The Kier molecular flexibility index (Phi) is 5.39. The van der Waals surface area contributed by atoms with Gasteiger partial charge in [-0.2, -0.15) is 5.10 Å². The van der Waals surface area contributed by atoms with Gasteiger partial charge < -0.3 is 10.1 Å². The topological polar surface area (TPSA) is 59.4 Å². The Morgan fingerprint density at radius 3 is 2.85 bits per heavy atom. The predicted octanol–water partition coefficient (Wildman–Crippen LogP) is 1.01. The van der Waals surface area contributed by atoms with E-state index in [0.717, 1.165) is 32.8 Å². The van der Waals surface area contributed by atoms with Crippen molar-refractivity contribution in [1.29, 1.82) is 0 Å². The van der Waals surface area contributed by atoms with Crippen LogP contribution in [0.4, 0.5) is 0 Å². The van der Waals surface area contributed by atoms with Crippen molar-refractivity contribution in [3.05, 3.63) is 16.9 Å². The van der Waals surface area contributed by atoms with E-state index in [2.05, 4.69) is 15.3 Å². The summed E-state index contributed by atoms with van der Waals surface area (Å²) >= 11 is 6.02. The van der Waals surface area contributed by atoms with Crippen molar-refractivity contribution in [3.8, 4) is 0 Å². The zero-order valence-electron chi connectivity index (χ0n) is 11.9. The lowest BCUT2D eigenvalue weighted by atomic mass is 10.2. The summed E-state index contributed by atoms with van der Waals surface area (Å²) in [5.74, 6) is -0.219. The highest BCUT2D eigenvalue weighted by atomic mass is 35.5. The number of hydrogen-bond donors (Lipinski definition) is 1. The Bertz CT molecular complexity index is 457. The summed E-state index contributed by atoms with van der Waals surface area (Å²) in [6.07, 6.45) is 1.67. The molecule has 7 heteroatoms. The maximum Gasteiger partial charge on any atom is 0.273 e. The smallest absolute Gasteiger partial charge is 0.273 e. The van der Waals surface area contributed by atoms with Gasteiger partial charge in [-0.15, -0.1) is 0 Å². The molecule has 0 aliphatic carbocycles. The van der Waals surface area contributed by atoms with E-state index >= 15 is 0 Å². The summed E-state index contributed by atoms with van der Waals surface area (Å²) in [6, 6.07) is 0.0449. The molecule has 0 bridgehead atoms. The highest BCUT2D eigenvalue weighted by molar-refractivity contribution is 6.33. The van der Waals surface area contributed by atoms with Crippen LogP contribution < -0.4 is 5.32 Å². The standard InChI is InChI=1S/C13H21ClN4O2/c1-3-18-9-11(14)12(16-18)13(19)15-10(2)8-17-4-6-20-7-5-17/h9-10H,3-8H2,1-2H3,(H,15,19). The van der Waals surface area contributed by atoms with E-state index in [-0.39, 0.29) is 11.9 Å². The number of amides is 1. The molecule has 0 aromatic carbocycles. The fraction of sp³-hybridized carbons (Fsp3) is 0.692. The third kappa shape index (κ3) is 3.94. The maximum absolute atomic E-state index is 12.1. The van der Waals surface area contributed by atoms with Gasteiger partial charge in [-0.1, -0.05) is 11.6 Å². The predicted molar refractivity (Wildman–Crippen MR) is 77.1 cm³/mol. The van der Waals surface area contributed by atoms with Crippen molar-refractivity contribution < 1.29 is 9.53 Å². The number of aromatic nitrogens is 2. The van der Waals surface area contributed by atoms with Crippen molar-refractivity contribution >= 4 is 17.5 Å². The second kappa shape index (κ2) is 7.06. The second-order valence-corrected chi connectivity index (χ2v) is 5.38. The average molecular weight is 301 g/mol. The molecule has 1 amide bonds. The van der Waals surface area contributed by atoms with Gasteiger partial charge in [-0.3, -0.25) is 14.4 Å². The van der Waals surface area contributed by atoms with Gasteiger partial charge in [0.25, 0.3) is 5.91 Å². The fourth-order valence-corrected chi connectivity index (χ4v) is 2.46. The molecule has 0 radical (unpaired) electrons. The minimum atomic E-state index is -0.219. The van der Waals surface area contributed by atoms with Gasteiger partial charge in [0.1, 0.15) is 0 Å². The number of carbonyl (C=O) groups excluding carboxylic acids is 1. The summed E-state index contributed by atoms with van der Waals surface area (Å²) in [5.41, 5.74) is 0.294. The van der Waals surface area contributed by atoms with Crippen molar-refractivity contribution in [2.45, 2.75) is 26.4 Å². The van der Waals surface area contributed by atoms with Crippen molar-refractivity contribution in [2.75, 3.05) is 32.8 Å². The third-order valence-corrected chi connectivity index (χ3v) is 3.55. The molecule has 1 atom stereocenters. The van der Waals surface area contributed by atoms with Crippen LogP contribution in [-0.4, -0.2) is 59.5 Å². The molecule has 1 aromatic heterocycles. The molecule has 20 heavy (non-hydrogen) atoms. The van der Waals surface area contributed by atoms with Crippen LogP contribution in [0.1, 0.15) is 24.3 Å².